The van der Waals surface area contributed by atoms with Crippen LogP contribution in [-0.4, -0.2) is 29.7 Å². The molecule has 59 heavy (non-hydrogen) atoms. The molecule has 0 bridgehead atoms. The van der Waals surface area contributed by atoms with Crippen LogP contribution in [0.1, 0.15) is 79.6 Å². The quantitative estimate of drug-likeness (QED) is 0.120. The van der Waals surface area contributed by atoms with Crippen LogP contribution in [0.4, 0.5) is 0 Å². The van der Waals surface area contributed by atoms with E-state index in [1.165, 1.54) is 0 Å². The summed E-state index contributed by atoms with van der Waals surface area (Å²) in [6.07, 6.45) is 0. The molecule has 0 aromatic heterocycles. The van der Waals surface area contributed by atoms with Crippen molar-refractivity contribution in [1.82, 2.24) is 0 Å². The largest absolute Gasteiger partial charge is 0.457 e. The van der Waals surface area contributed by atoms with Crippen LogP contribution in [0.3, 0.4) is 0 Å². The molecule has 0 amide bonds. The maximum Gasteiger partial charge on any atom is 0.346 e. The maximum atomic E-state index is 14.1. The van der Waals surface area contributed by atoms with Gasteiger partial charge in [0.2, 0.25) is 0 Å². The Labute approximate surface area is 335 Å². The Balaban J connectivity index is 1.02. The first kappa shape index (κ1) is 34.1. The number of carbonyl (C=O) groups excluding carboxylic acids is 5. The van der Waals surface area contributed by atoms with E-state index in [0.717, 1.165) is 22.3 Å². The molecule has 9 nitrogen and oxygen atoms in total. The van der Waals surface area contributed by atoms with E-state index in [1.807, 2.05) is 97.1 Å². The number of ketones is 1. The highest BCUT2D eigenvalue weighted by atomic mass is 16.6. The summed E-state index contributed by atoms with van der Waals surface area (Å²) in [6, 6.07) is 47.5. The molecule has 0 atom stereocenters. The summed E-state index contributed by atoms with van der Waals surface area (Å²) in [5, 5.41) is 2.17. The molecule has 8 aromatic rings. The van der Waals surface area contributed by atoms with Crippen molar-refractivity contribution in [3.8, 4) is 23.0 Å². The van der Waals surface area contributed by atoms with E-state index in [0.29, 0.717) is 77.9 Å². The SMILES string of the molecule is O=C1c2ccccc2C(c2ccc(Oc3ccc4c5c(cccc35)C(=O)OC4=O)cc2)(c2ccc(Oc3ccc4c5c(cccc35)C(=O)OC4=O)cc2)c2ccccc21. The highest BCUT2D eigenvalue weighted by Gasteiger charge is 2.46. The van der Waals surface area contributed by atoms with Crippen LogP contribution in [-0.2, 0) is 14.9 Å². The van der Waals surface area contributed by atoms with Gasteiger partial charge in [-0.3, -0.25) is 4.79 Å². The number of carbonyl (C=O) groups is 5. The molecular formula is C50H26O9. The first-order valence-corrected chi connectivity index (χ1v) is 18.8. The monoisotopic (exact) mass is 770 g/mol. The second kappa shape index (κ2) is 12.7. The number of esters is 4. The number of rotatable bonds is 6. The first-order valence-electron chi connectivity index (χ1n) is 18.8. The molecular weight excluding hydrogens is 745 g/mol. The van der Waals surface area contributed by atoms with Crippen molar-refractivity contribution in [1.29, 1.82) is 0 Å². The molecule has 1 aliphatic carbocycles. The van der Waals surface area contributed by atoms with Gasteiger partial charge in [-0.15, -0.1) is 0 Å². The summed E-state index contributed by atoms with van der Waals surface area (Å²) in [6.45, 7) is 0. The summed E-state index contributed by atoms with van der Waals surface area (Å²) in [5.41, 5.74) is 4.76. The lowest BCUT2D eigenvalue weighted by atomic mass is 9.59. The third-order valence-electron chi connectivity index (χ3n) is 11.4. The molecule has 9 heteroatoms. The van der Waals surface area contributed by atoms with E-state index in [4.69, 9.17) is 18.9 Å². The lowest BCUT2D eigenvalue weighted by molar-refractivity contribution is 0.0373. The summed E-state index contributed by atoms with van der Waals surface area (Å²) >= 11 is 0. The fourth-order valence-corrected chi connectivity index (χ4v) is 8.90. The van der Waals surface area contributed by atoms with Gasteiger partial charge in [0.05, 0.1) is 27.7 Å². The van der Waals surface area contributed by atoms with Gasteiger partial charge >= 0.3 is 23.9 Å². The van der Waals surface area contributed by atoms with Crippen LogP contribution < -0.4 is 9.47 Å². The summed E-state index contributed by atoms with van der Waals surface area (Å²) < 4.78 is 22.7. The Morgan fingerprint density at radius 2 is 0.729 bits per heavy atom. The van der Waals surface area contributed by atoms with E-state index in [1.54, 1.807) is 60.7 Å². The Bertz CT molecular complexity index is 2940. The standard InChI is InChI=1S/C50H26O9/c51-45-31-7-1-3-13-39(31)50(40-14-4-2-8-32(40)45,27-15-19-29(20-16-27)56-41-25-23-37-43-33(41)9-5-11-35(43)46(52)58-48(37)54)28-17-21-30(22-18-28)57-42-26-24-38-44-34(42)10-6-12-36(44)47(53)59-49(38)55/h1-26H. The molecule has 0 saturated carbocycles. The van der Waals surface area contributed by atoms with Gasteiger partial charge in [0.15, 0.2) is 5.78 Å². The number of fused-ring (bicyclic) bond motifs is 2. The van der Waals surface area contributed by atoms with Gasteiger partial charge < -0.3 is 18.9 Å². The van der Waals surface area contributed by atoms with Crippen molar-refractivity contribution in [3.05, 3.63) is 213 Å². The third kappa shape index (κ3) is 4.95. The Morgan fingerprint density at radius 3 is 1.15 bits per heavy atom. The fourth-order valence-electron chi connectivity index (χ4n) is 8.90. The minimum absolute atomic E-state index is 0.0674. The van der Waals surface area contributed by atoms with E-state index in [2.05, 4.69) is 0 Å². The molecule has 280 valence electrons. The fraction of sp³-hybridized carbons (Fsp3) is 0.0200. The van der Waals surface area contributed by atoms with Crippen molar-refractivity contribution in [2.75, 3.05) is 0 Å². The molecule has 8 aromatic carbocycles. The van der Waals surface area contributed by atoms with Crippen molar-refractivity contribution >= 4 is 51.2 Å². The van der Waals surface area contributed by atoms with Gasteiger partial charge in [0, 0.05) is 32.7 Å². The highest BCUT2D eigenvalue weighted by molar-refractivity contribution is 6.22. The number of cyclic esters (lactones) is 4. The second-order valence-electron chi connectivity index (χ2n) is 14.5. The van der Waals surface area contributed by atoms with Gasteiger partial charge in [-0.2, -0.15) is 0 Å². The van der Waals surface area contributed by atoms with Crippen LogP contribution in [0.15, 0.2) is 158 Å². The molecule has 3 aliphatic rings. The zero-order valence-corrected chi connectivity index (χ0v) is 30.7. The molecule has 0 spiro atoms. The Kier molecular flexibility index (Phi) is 7.33. The average Bonchev–Trinajstić information content (AvgIpc) is 3.26. The van der Waals surface area contributed by atoms with Crippen molar-refractivity contribution in [2.24, 2.45) is 0 Å². The zero-order valence-electron chi connectivity index (χ0n) is 30.7. The lowest BCUT2D eigenvalue weighted by Gasteiger charge is -2.41. The van der Waals surface area contributed by atoms with Crippen molar-refractivity contribution in [3.63, 3.8) is 0 Å². The third-order valence-corrected chi connectivity index (χ3v) is 11.4. The summed E-state index contributed by atoms with van der Waals surface area (Å²) in [7, 11) is 0. The van der Waals surface area contributed by atoms with Gasteiger partial charge in [-0.05, 0) is 82.9 Å². The first-order chi connectivity index (χ1) is 28.8. The Morgan fingerprint density at radius 1 is 0.356 bits per heavy atom. The topological polar surface area (TPSA) is 122 Å². The normalized spacial score (nSPS) is 14.7. The number of hydrogen-bond donors (Lipinski definition) is 0. The van der Waals surface area contributed by atoms with E-state index in [-0.39, 0.29) is 5.78 Å². The van der Waals surface area contributed by atoms with Crippen LogP contribution in [0.25, 0.3) is 21.5 Å². The van der Waals surface area contributed by atoms with Crippen LogP contribution in [0.5, 0.6) is 23.0 Å². The highest BCUT2D eigenvalue weighted by Crippen LogP contribution is 2.51. The van der Waals surface area contributed by atoms with Gasteiger partial charge in [-0.1, -0.05) is 97.1 Å². The molecule has 0 unspecified atom stereocenters. The van der Waals surface area contributed by atoms with Crippen molar-refractivity contribution in [2.45, 2.75) is 5.41 Å². The molecule has 0 N–H and O–H groups in total. The summed E-state index contributed by atoms with van der Waals surface area (Å²) in [4.78, 5) is 64.3. The molecule has 0 saturated heterocycles. The predicted octanol–water partition coefficient (Wildman–Crippen LogP) is 10.1. The van der Waals surface area contributed by atoms with Crippen LogP contribution in [0.2, 0.25) is 0 Å². The molecule has 2 heterocycles. The number of benzene rings is 8. The molecule has 0 radical (unpaired) electrons. The average molecular weight is 771 g/mol. The van der Waals surface area contributed by atoms with E-state index < -0.39 is 29.3 Å². The molecule has 11 rings (SSSR count). The lowest BCUT2D eigenvalue weighted by Crippen LogP contribution is -2.38. The second-order valence-corrected chi connectivity index (χ2v) is 14.5. The predicted molar refractivity (Wildman–Crippen MR) is 216 cm³/mol. The number of ether oxygens (including phenoxy) is 4. The minimum atomic E-state index is -0.958. The minimum Gasteiger partial charge on any atom is -0.457 e. The van der Waals surface area contributed by atoms with Gasteiger partial charge in [-0.25, -0.2) is 19.2 Å². The number of hydrogen-bond acceptors (Lipinski definition) is 9. The van der Waals surface area contributed by atoms with E-state index in [9.17, 15) is 24.0 Å². The van der Waals surface area contributed by atoms with Gasteiger partial charge in [0.1, 0.15) is 23.0 Å². The smallest absolute Gasteiger partial charge is 0.346 e. The van der Waals surface area contributed by atoms with Crippen LogP contribution >= 0.6 is 0 Å². The van der Waals surface area contributed by atoms with Gasteiger partial charge in [0.25, 0.3) is 0 Å². The van der Waals surface area contributed by atoms with Crippen LogP contribution in [0, 0.1) is 0 Å². The van der Waals surface area contributed by atoms with Crippen molar-refractivity contribution < 1.29 is 42.9 Å². The summed E-state index contributed by atoms with van der Waals surface area (Å²) in [5.74, 6) is -0.906. The molecule has 2 aliphatic heterocycles. The molecule has 0 fully saturated rings. The maximum absolute atomic E-state index is 14.1. The zero-order chi connectivity index (χ0) is 40.0. The Hall–Kier alpha value is -8.17. The van der Waals surface area contributed by atoms with E-state index >= 15 is 0 Å².